The summed E-state index contributed by atoms with van der Waals surface area (Å²) in [4.78, 5) is 19.2. The van der Waals surface area contributed by atoms with E-state index >= 15 is 0 Å². The van der Waals surface area contributed by atoms with E-state index in [1.54, 1.807) is 0 Å². The summed E-state index contributed by atoms with van der Waals surface area (Å²) in [5.41, 5.74) is 1.79. The lowest BCUT2D eigenvalue weighted by Crippen LogP contribution is -2.40. The summed E-state index contributed by atoms with van der Waals surface area (Å²) in [5, 5.41) is 6.38. The van der Waals surface area contributed by atoms with Crippen LogP contribution in [0, 0.1) is 5.92 Å². The van der Waals surface area contributed by atoms with E-state index in [1.807, 2.05) is 31.2 Å². The number of carbonyl (C=O) groups is 1. The van der Waals surface area contributed by atoms with E-state index in [9.17, 15) is 4.79 Å². The summed E-state index contributed by atoms with van der Waals surface area (Å²) in [6.45, 7) is 10.4. The monoisotopic (exact) mass is 402 g/mol. The quantitative estimate of drug-likeness (QED) is 0.491. The van der Waals surface area contributed by atoms with E-state index in [0.29, 0.717) is 12.1 Å². The van der Waals surface area contributed by atoms with E-state index in [0.717, 1.165) is 50.2 Å². The van der Waals surface area contributed by atoms with Crippen molar-refractivity contribution in [2.24, 2.45) is 10.9 Å². The zero-order chi connectivity index (χ0) is 21.1. The van der Waals surface area contributed by atoms with Gasteiger partial charge in [0.2, 0.25) is 0 Å². The van der Waals surface area contributed by atoms with E-state index in [1.165, 1.54) is 19.3 Å². The maximum atomic E-state index is 12.2. The predicted molar refractivity (Wildman–Crippen MR) is 119 cm³/mol. The minimum absolute atomic E-state index is 0.0180. The van der Waals surface area contributed by atoms with E-state index in [4.69, 9.17) is 9.73 Å². The van der Waals surface area contributed by atoms with Gasteiger partial charge in [0, 0.05) is 45.0 Å². The summed E-state index contributed by atoms with van der Waals surface area (Å²) in [6.07, 6.45) is 4.43. The van der Waals surface area contributed by atoms with Gasteiger partial charge in [-0.05, 0) is 63.1 Å². The van der Waals surface area contributed by atoms with Crippen LogP contribution in [0.5, 0.6) is 0 Å². The number of nitrogens with zero attached hydrogens (tertiary/aromatic N) is 2. The van der Waals surface area contributed by atoms with Gasteiger partial charge in [-0.3, -0.25) is 4.79 Å². The number of hydrogen-bond donors (Lipinski definition) is 2. The predicted octanol–water partition coefficient (Wildman–Crippen LogP) is 3.43. The van der Waals surface area contributed by atoms with Gasteiger partial charge < -0.3 is 20.3 Å². The third-order valence-electron chi connectivity index (χ3n) is 5.53. The van der Waals surface area contributed by atoms with Gasteiger partial charge in [-0.1, -0.05) is 19.1 Å². The van der Waals surface area contributed by atoms with Crippen LogP contribution < -0.4 is 10.6 Å². The average molecular weight is 403 g/mol. The summed E-state index contributed by atoms with van der Waals surface area (Å²) in [7, 11) is 2.10. The lowest BCUT2D eigenvalue weighted by atomic mass is 9.96. The van der Waals surface area contributed by atoms with Crippen molar-refractivity contribution in [2.75, 3.05) is 33.4 Å². The molecule has 1 saturated heterocycles. The zero-order valence-electron chi connectivity index (χ0n) is 18.5. The van der Waals surface area contributed by atoms with Crippen LogP contribution in [-0.4, -0.2) is 56.2 Å². The fraction of sp³-hybridized carbons (Fsp3) is 0.652. The van der Waals surface area contributed by atoms with Crippen molar-refractivity contribution in [1.82, 2.24) is 15.5 Å². The number of aliphatic imine (C=N–C) groups is 1. The standard InChI is InChI=1S/C23H38N4O2/c1-5-18(3)26-22(28)21-9-7-20(8-10-21)17-25-23(24-6-2)27(4)14-11-19-12-15-29-16-13-19/h7-10,18-19H,5-6,11-17H2,1-4H3,(H,24,25)(H,26,28). The molecule has 1 unspecified atom stereocenters. The molecule has 1 fully saturated rings. The molecule has 162 valence electrons. The third kappa shape index (κ3) is 8.05. The molecule has 29 heavy (non-hydrogen) atoms. The fourth-order valence-electron chi connectivity index (χ4n) is 3.32. The van der Waals surface area contributed by atoms with Gasteiger partial charge in [0.1, 0.15) is 0 Å². The Morgan fingerprint density at radius 2 is 1.93 bits per heavy atom. The number of carbonyl (C=O) groups excluding carboxylic acids is 1. The summed E-state index contributed by atoms with van der Waals surface area (Å²) >= 11 is 0. The molecule has 1 aliphatic rings. The minimum Gasteiger partial charge on any atom is -0.381 e. The highest BCUT2D eigenvalue weighted by atomic mass is 16.5. The van der Waals surface area contributed by atoms with Crippen LogP contribution >= 0.6 is 0 Å². The fourth-order valence-corrected chi connectivity index (χ4v) is 3.32. The minimum atomic E-state index is -0.0180. The molecule has 0 bridgehead atoms. The molecule has 1 heterocycles. The maximum Gasteiger partial charge on any atom is 0.251 e. The van der Waals surface area contributed by atoms with Crippen molar-refractivity contribution in [3.05, 3.63) is 35.4 Å². The Balaban J connectivity index is 1.90. The van der Waals surface area contributed by atoms with Crippen molar-refractivity contribution in [2.45, 2.75) is 59.0 Å². The second-order valence-electron chi connectivity index (χ2n) is 7.92. The van der Waals surface area contributed by atoms with Gasteiger partial charge in [-0.15, -0.1) is 0 Å². The van der Waals surface area contributed by atoms with Crippen LogP contribution in [0.4, 0.5) is 0 Å². The van der Waals surface area contributed by atoms with Crippen LogP contribution in [0.15, 0.2) is 29.3 Å². The van der Waals surface area contributed by atoms with Crippen LogP contribution in [0.1, 0.15) is 62.4 Å². The van der Waals surface area contributed by atoms with E-state index in [-0.39, 0.29) is 11.9 Å². The zero-order valence-corrected chi connectivity index (χ0v) is 18.5. The molecule has 0 radical (unpaired) electrons. The lowest BCUT2D eigenvalue weighted by molar-refractivity contribution is 0.0625. The average Bonchev–Trinajstić information content (AvgIpc) is 2.75. The van der Waals surface area contributed by atoms with Gasteiger partial charge >= 0.3 is 0 Å². The Labute approximate surface area is 176 Å². The molecule has 6 nitrogen and oxygen atoms in total. The molecule has 1 atom stereocenters. The molecule has 0 aromatic heterocycles. The topological polar surface area (TPSA) is 66.0 Å². The molecule has 1 aliphatic heterocycles. The molecule has 0 aliphatic carbocycles. The van der Waals surface area contributed by atoms with Crippen LogP contribution in [0.2, 0.25) is 0 Å². The second-order valence-corrected chi connectivity index (χ2v) is 7.92. The molecule has 1 amide bonds. The molecular weight excluding hydrogens is 364 g/mol. The van der Waals surface area contributed by atoms with Crippen LogP contribution in [0.25, 0.3) is 0 Å². The second kappa shape index (κ2) is 12.5. The van der Waals surface area contributed by atoms with E-state index < -0.39 is 0 Å². The highest BCUT2D eigenvalue weighted by Crippen LogP contribution is 2.18. The normalized spacial score (nSPS) is 16.3. The third-order valence-corrected chi connectivity index (χ3v) is 5.53. The van der Waals surface area contributed by atoms with Gasteiger partial charge in [0.25, 0.3) is 5.91 Å². The Morgan fingerprint density at radius 3 is 2.55 bits per heavy atom. The van der Waals surface area contributed by atoms with Crippen molar-refractivity contribution >= 4 is 11.9 Å². The van der Waals surface area contributed by atoms with Crippen LogP contribution in [-0.2, 0) is 11.3 Å². The molecule has 1 aromatic rings. The molecule has 2 rings (SSSR count). The molecule has 1 aromatic carbocycles. The van der Waals surface area contributed by atoms with Gasteiger partial charge in [0.05, 0.1) is 6.54 Å². The van der Waals surface area contributed by atoms with Gasteiger partial charge in [-0.25, -0.2) is 4.99 Å². The van der Waals surface area contributed by atoms with Crippen molar-refractivity contribution in [1.29, 1.82) is 0 Å². The first-order valence-electron chi connectivity index (χ1n) is 11.0. The summed E-state index contributed by atoms with van der Waals surface area (Å²) in [6, 6.07) is 7.92. The Hall–Kier alpha value is -2.08. The number of benzene rings is 1. The number of guanidine groups is 1. The largest absolute Gasteiger partial charge is 0.381 e. The Bertz CT molecular complexity index is 639. The molecule has 2 N–H and O–H groups in total. The highest BCUT2D eigenvalue weighted by molar-refractivity contribution is 5.94. The number of nitrogens with one attached hydrogen (secondary N) is 2. The molecule has 0 spiro atoms. The van der Waals surface area contributed by atoms with Gasteiger partial charge in [0.15, 0.2) is 5.96 Å². The molecule has 6 heteroatoms. The van der Waals surface area contributed by atoms with Crippen molar-refractivity contribution in [3.8, 4) is 0 Å². The molecule has 0 saturated carbocycles. The van der Waals surface area contributed by atoms with Gasteiger partial charge in [-0.2, -0.15) is 0 Å². The summed E-state index contributed by atoms with van der Waals surface area (Å²) in [5.74, 6) is 1.66. The smallest absolute Gasteiger partial charge is 0.251 e. The Morgan fingerprint density at radius 1 is 1.24 bits per heavy atom. The SMILES string of the molecule is CCNC(=NCc1ccc(C(=O)NC(C)CC)cc1)N(C)CCC1CCOCC1. The van der Waals surface area contributed by atoms with Crippen LogP contribution in [0.3, 0.4) is 0 Å². The summed E-state index contributed by atoms with van der Waals surface area (Å²) < 4.78 is 5.45. The number of rotatable bonds is 9. The lowest BCUT2D eigenvalue weighted by Gasteiger charge is -2.26. The molecular formula is C23H38N4O2. The maximum absolute atomic E-state index is 12.2. The Kier molecular flexibility index (Phi) is 9.98. The highest BCUT2D eigenvalue weighted by Gasteiger charge is 2.15. The number of amides is 1. The first-order valence-corrected chi connectivity index (χ1v) is 11.0. The first kappa shape index (κ1) is 23.2. The van der Waals surface area contributed by atoms with Crippen molar-refractivity contribution < 1.29 is 9.53 Å². The number of ether oxygens (including phenoxy) is 1. The van der Waals surface area contributed by atoms with E-state index in [2.05, 4.69) is 36.4 Å². The van der Waals surface area contributed by atoms with Crippen molar-refractivity contribution in [3.63, 3.8) is 0 Å². The first-order chi connectivity index (χ1) is 14.0. The number of hydrogen-bond acceptors (Lipinski definition) is 3.